The maximum absolute atomic E-state index is 12.3. The van der Waals surface area contributed by atoms with Crippen molar-refractivity contribution in [3.8, 4) is 0 Å². The van der Waals surface area contributed by atoms with Crippen LogP contribution in [0.3, 0.4) is 0 Å². The summed E-state index contributed by atoms with van der Waals surface area (Å²) in [5.41, 5.74) is -0.901. The van der Waals surface area contributed by atoms with E-state index in [4.69, 9.17) is 0 Å². The van der Waals surface area contributed by atoms with Crippen LogP contribution in [-0.4, -0.2) is 16.2 Å². The van der Waals surface area contributed by atoms with Crippen molar-refractivity contribution < 1.29 is 13.2 Å². The zero-order valence-corrected chi connectivity index (χ0v) is 8.79. The second-order valence-corrected chi connectivity index (χ2v) is 3.61. The van der Waals surface area contributed by atoms with Crippen LogP contribution in [0.25, 0.3) is 0 Å². The molecule has 0 N–H and O–H groups in total. The van der Waals surface area contributed by atoms with Crippen molar-refractivity contribution in [3.05, 3.63) is 16.6 Å². The minimum atomic E-state index is -4.43. The number of halogens is 4. The standard InChI is InChI=1S/C6H4BrF3N2S/c1-13-3-4(6(8,9)10)11-2-12-5(3)7/h2H,1H3. The molecule has 2 nitrogen and oxygen atoms in total. The Hall–Kier alpha value is -0.300. The van der Waals surface area contributed by atoms with Gasteiger partial charge in [0.15, 0.2) is 5.69 Å². The Bertz CT molecular complexity index is 315. The van der Waals surface area contributed by atoms with E-state index in [1.54, 1.807) is 6.26 Å². The summed E-state index contributed by atoms with van der Waals surface area (Å²) >= 11 is 3.88. The molecule has 1 aromatic rings. The Morgan fingerprint density at radius 3 is 2.38 bits per heavy atom. The van der Waals surface area contributed by atoms with E-state index in [-0.39, 0.29) is 9.50 Å². The summed E-state index contributed by atoms with van der Waals surface area (Å²) in [7, 11) is 0. The first kappa shape index (κ1) is 10.8. The van der Waals surface area contributed by atoms with Gasteiger partial charge in [0.25, 0.3) is 0 Å². The lowest BCUT2D eigenvalue weighted by molar-refractivity contribution is -0.143. The summed E-state index contributed by atoms with van der Waals surface area (Å²) in [6.45, 7) is 0. The van der Waals surface area contributed by atoms with E-state index in [1.165, 1.54) is 0 Å². The van der Waals surface area contributed by atoms with E-state index >= 15 is 0 Å². The van der Waals surface area contributed by atoms with Gasteiger partial charge in [-0.1, -0.05) is 0 Å². The Morgan fingerprint density at radius 2 is 2.00 bits per heavy atom. The monoisotopic (exact) mass is 272 g/mol. The van der Waals surface area contributed by atoms with Crippen molar-refractivity contribution >= 4 is 27.7 Å². The minimum Gasteiger partial charge on any atom is -0.231 e. The molecule has 0 spiro atoms. The van der Waals surface area contributed by atoms with Crippen LogP contribution in [0.4, 0.5) is 13.2 Å². The van der Waals surface area contributed by atoms with Gasteiger partial charge in [0.05, 0.1) is 4.90 Å². The Morgan fingerprint density at radius 1 is 1.38 bits per heavy atom. The second-order valence-electron chi connectivity index (χ2n) is 2.04. The van der Waals surface area contributed by atoms with Crippen LogP contribution < -0.4 is 0 Å². The lowest BCUT2D eigenvalue weighted by Crippen LogP contribution is -2.10. The highest BCUT2D eigenvalue weighted by molar-refractivity contribution is 9.10. The van der Waals surface area contributed by atoms with Gasteiger partial charge in [-0.25, -0.2) is 9.97 Å². The van der Waals surface area contributed by atoms with Gasteiger partial charge in [0, 0.05) is 0 Å². The predicted molar refractivity (Wildman–Crippen MR) is 46.5 cm³/mol. The predicted octanol–water partition coefficient (Wildman–Crippen LogP) is 2.98. The molecule has 0 saturated heterocycles. The van der Waals surface area contributed by atoms with Crippen LogP contribution in [0, 0.1) is 0 Å². The number of rotatable bonds is 1. The average molecular weight is 273 g/mol. The number of nitrogens with zero attached hydrogens (tertiary/aromatic N) is 2. The molecule has 1 rings (SSSR count). The molecule has 0 aliphatic rings. The maximum Gasteiger partial charge on any atom is 0.434 e. The van der Waals surface area contributed by atoms with E-state index < -0.39 is 11.9 Å². The van der Waals surface area contributed by atoms with E-state index in [0.717, 1.165) is 18.1 Å². The zero-order chi connectivity index (χ0) is 10.1. The van der Waals surface area contributed by atoms with Gasteiger partial charge in [-0.05, 0) is 22.2 Å². The highest BCUT2D eigenvalue weighted by Gasteiger charge is 2.36. The molecule has 0 aliphatic carbocycles. The summed E-state index contributed by atoms with van der Waals surface area (Å²) in [6.07, 6.45) is -2.00. The number of hydrogen-bond donors (Lipinski definition) is 0. The molecule has 1 heterocycles. The van der Waals surface area contributed by atoms with Crippen LogP contribution >= 0.6 is 27.7 Å². The van der Waals surface area contributed by atoms with E-state index in [2.05, 4.69) is 25.9 Å². The van der Waals surface area contributed by atoms with Crippen molar-refractivity contribution in [3.63, 3.8) is 0 Å². The molecular formula is C6H4BrF3N2S. The van der Waals surface area contributed by atoms with Crippen LogP contribution in [-0.2, 0) is 6.18 Å². The molecule has 72 valence electrons. The molecule has 0 saturated carbocycles. The normalized spacial score (nSPS) is 11.8. The van der Waals surface area contributed by atoms with Gasteiger partial charge in [0.1, 0.15) is 10.9 Å². The van der Waals surface area contributed by atoms with Gasteiger partial charge >= 0.3 is 6.18 Å². The molecule has 0 fully saturated rings. The number of thioether (sulfide) groups is 1. The minimum absolute atomic E-state index is 0.00926. The number of aromatic nitrogens is 2. The van der Waals surface area contributed by atoms with Crippen molar-refractivity contribution in [2.45, 2.75) is 11.1 Å². The molecule has 0 unspecified atom stereocenters. The van der Waals surface area contributed by atoms with E-state index in [1.807, 2.05) is 0 Å². The first-order valence-corrected chi connectivity index (χ1v) is 5.10. The lowest BCUT2D eigenvalue weighted by Gasteiger charge is -2.09. The van der Waals surface area contributed by atoms with Gasteiger partial charge in [-0.15, -0.1) is 11.8 Å². The van der Waals surface area contributed by atoms with Crippen LogP contribution in [0.15, 0.2) is 15.8 Å². The first-order chi connectivity index (χ1) is 5.96. The third kappa shape index (κ3) is 2.34. The molecule has 0 bridgehead atoms. The fraction of sp³-hybridized carbons (Fsp3) is 0.333. The quantitative estimate of drug-likeness (QED) is 0.581. The van der Waals surface area contributed by atoms with Gasteiger partial charge < -0.3 is 0 Å². The first-order valence-electron chi connectivity index (χ1n) is 3.08. The third-order valence-corrected chi connectivity index (χ3v) is 2.89. The molecule has 7 heteroatoms. The maximum atomic E-state index is 12.3. The summed E-state index contributed by atoms with van der Waals surface area (Å²) < 4.78 is 37.0. The molecule has 0 atom stereocenters. The zero-order valence-electron chi connectivity index (χ0n) is 6.39. The van der Waals surface area contributed by atoms with Gasteiger partial charge in [0.2, 0.25) is 0 Å². The molecular weight excluding hydrogens is 269 g/mol. The van der Waals surface area contributed by atoms with Crippen LogP contribution in [0.2, 0.25) is 0 Å². The topological polar surface area (TPSA) is 25.8 Å². The Balaban J connectivity index is 3.29. The molecule has 0 radical (unpaired) electrons. The van der Waals surface area contributed by atoms with Crippen molar-refractivity contribution in [2.24, 2.45) is 0 Å². The number of alkyl halides is 3. The summed E-state index contributed by atoms with van der Waals surface area (Å²) in [6, 6.07) is 0. The van der Waals surface area contributed by atoms with Crippen LogP contribution in [0.1, 0.15) is 5.69 Å². The highest BCUT2D eigenvalue weighted by atomic mass is 79.9. The average Bonchev–Trinajstić information content (AvgIpc) is 2.02. The summed E-state index contributed by atoms with van der Waals surface area (Å²) in [4.78, 5) is 6.81. The van der Waals surface area contributed by atoms with Crippen molar-refractivity contribution in [1.29, 1.82) is 0 Å². The Labute approximate surface area is 85.1 Å². The van der Waals surface area contributed by atoms with Crippen molar-refractivity contribution in [1.82, 2.24) is 9.97 Å². The molecule has 1 aromatic heterocycles. The largest absolute Gasteiger partial charge is 0.434 e. The summed E-state index contributed by atoms with van der Waals surface area (Å²) in [5, 5.41) is 0. The Kier molecular flexibility index (Phi) is 3.18. The lowest BCUT2D eigenvalue weighted by atomic mass is 10.4. The third-order valence-electron chi connectivity index (χ3n) is 1.23. The fourth-order valence-corrected chi connectivity index (χ4v) is 2.08. The summed E-state index contributed by atoms with van der Waals surface area (Å²) in [5.74, 6) is 0. The van der Waals surface area contributed by atoms with E-state index in [9.17, 15) is 13.2 Å². The van der Waals surface area contributed by atoms with E-state index in [0.29, 0.717) is 0 Å². The fourth-order valence-electron chi connectivity index (χ4n) is 0.735. The SMILES string of the molecule is CSc1c(Br)ncnc1C(F)(F)F. The highest BCUT2D eigenvalue weighted by Crippen LogP contribution is 2.36. The van der Waals surface area contributed by atoms with Crippen LogP contribution in [0.5, 0.6) is 0 Å². The number of hydrogen-bond acceptors (Lipinski definition) is 3. The van der Waals surface area contributed by atoms with Gasteiger partial charge in [-0.2, -0.15) is 13.2 Å². The molecule has 0 aromatic carbocycles. The molecule has 0 aliphatic heterocycles. The van der Waals surface area contributed by atoms with Gasteiger partial charge in [-0.3, -0.25) is 0 Å². The molecule has 13 heavy (non-hydrogen) atoms. The second kappa shape index (κ2) is 3.83. The smallest absolute Gasteiger partial charge is 0.231 e. The van der Waals surface area contributed by atoms with Crippen molar-refractivity contribution in [2.75, 3.05) is 6.26 Å². The molecule has 0 amide bonds.